The molecular formula is C15H17NO4. The van der Waals surface area contributed by atoms with E-state index in [0.717, 1.165) is 16.0 Å². The fourth-order valence-corrected chi connectivity index (χ4v) is 2.43. The molecule has 5 heteroatoms. The minimum Gasteiger partial charge on any atom is -0.480 e. The molecule has 1 unspecified atom stereocenters. The Morgan fingerprint density at radius 1 is 1.30 bits per heavy atom. The summed E-state index contributed by atoms with van der Waals surface area (Å²) in [6.45, 7) is 3.47. The monoisotopic (exact) mass is 275 g/mol. The Bertz CT molecular complexity index is 579. The molecule has 0 saturated carbocycles. The van der Waals surface area contributed by atoms with Crippen molar-refractivity contribution in [2.75, 3.05) is 6.54 Å². The first-order valence-electron chi connectivity index (χ1n) is 6.50. The maximum atomic E-state index is 12.0. The first-order chi connectivity index (χ1) is 9.38. The first kappa shape index (κ1) is 14.2. The molecule has 5 nitrogen and oxygen atoms in total. The number of carbonyl (C=O) groups excluding carboxylic acids is 2. The number of aryl methyl sites for hydroxylation is 2. The Balaban J connectivity index is 2.11. The van der Waals surface area contributed by atoms with Gasteiger partial charge in [-0.25, -0.2) is 0 Å². The summed E-state index contributed by atoms with van der Waals surface area (Å²) in [6, 6.07) is 5.94. The van der Waals surface area contributed by atoms with Crippen molar-refractivity contribution < 1.29 is 19.5 Å². The molecule has 1 aliphatic heterocycles. The highest BCUT2D eigenvalue weighted by Crippen LogP contribution is 2.24. The van der Waals surface area contributed by atoms with Crippen LogP contribution in [0.15, 0.2) is 18.2 Å². The Labute approximate surface area is 117 Å². The predicted molar refractivity (Wildman–Crippen MR) is 72.1 cm³/mol. The van der Waals surface area contributed by atoms with Crippen LogP contribution in [0.4, 0.5) is 0 Å². The van der Waals surface area contributed by atoms with Gasteiger partial charge in [-0.15, -0.1) is 0 Å². The molecule has 2 amide bonds. The van der Waals surface area contributed by atoms with Crippen molar-refractivity contribution in [2.24, 2.45) is 5.92 Å². The summed E-state index contributed by atoms with van der Waals surface area (Å²) in [6.07, 6.45) is 0.570. The number of likely N-dealkylation sites (tertiary alicyclic amines) is 1. The number of hydrogen-bond donors (Lipinski definition) is 1. The summed E-state index contributed by atoms with van der Waals surface area (Å²) < 4.78 is 0. The molecule has 0 bridgehead atoms. The number of imide groups is 1. The Morgan fingerprint density at radius 3 is 2.60 bits per heavy atom. The molecule has 2 rings (SSSR count). The highest BCUT2D eigenvalue weighted by atomic mass is 16.4. The molecule has 20 heavy (non-hydrogen) atoms. The molecule has 0 spiro atoms. The number of aliphatic carboxylic acids is 1. The second-order valence-corrected chi connectivity index (χ2v) is 5.24. The summed E-state index contributed by atoms with van der Waals surface area (Å²) in [4.78, 5) is 35.2. The van der Waals surface area contributed by atoms with Gasteiger partial charge in [0.1, 0.15) is 6.54 Å². The van der Waals surface area contributed by atoms with Crippen LogP contribution < -0.4 is 0 Å². The zero-order valence-corrected chi connectivity index (χ0v) is 11.5. The highest BCUT2D eigenvalue weighted by Gasteiger charge is 2.39. The van der Waals surface area contributed by atoms with Gasteiger partial charge in [0, 0.05) is 6.42 Å². The van der Waals surface area contributed by atoms with Gasteiger partial charge in [0.05, 0.1) is 5.92 Å². The van der Waals surface area contributed by atoms with Crippen LogP contribution in [0.25, 0.3) is 0 Å². The highest BCUT2D eigenvalue weighted by molar-refractivity contribution is 6.05. The summed E-state index contributed by atoms with van der Waals surface area (Å²) in [5.41, 5.74) is 3.31. The zero-order valence-electron chi connectivity index (χ0n) is 11.5. The minimum absolute atomic E-state index is 0.0963. The molecule has 1 aromatic rings. The van der Waals surface area contributed by atoms with Gasteiger partial charge in [0.15, 0.2) is 0 Å². The average Bonchev–Trinajstić information content (AvgIpc) is 2.61. The number of benzene rings is 1. The predicted octanol–water partition coefficient (Wildman–Crippen LogP) is 1.31. The van der Waals surface area contributed by atoms with Gasteiger partial charge in [-0.1, -0.05) is 18.2 Å². The summed E-state index contributed by atoms with van der Waals surface area (Å²) in [5.74, 6) is -2.38. The van der Waals surface area contributed by atoms with Crippen LogP contribution >= 0.6 is 0 Å². The quantitative estimate of drug-likeness (QED) is 0.841. The third kappa shape index (κ3) is 2.87. The molecule has 0 aromatic heterocycles. The maximum absolute atomic E-state index is 12.0. The first-order valence-corrected chi connectivity index (χ1v) is 6.50. The lowest BCUT2D eigenvalue weighted by Crippen LogP contribution is -2.35. The van der Waals surface area contributed by atoms with Crippen LogP contribution in [-0.4, -0.2) is 34.3 Å². The van der Waals surface area contributed by atoms with Crippen molar-refractivity contribution in [3.63, 3.8) is 0 Å². The summed E-state index contributed by atoms with van der Waals surface area (Å²) in [7, 11) is 0. The number of hydrogen-bond acceptors (Lipinski definition) is 3. The second kappa shape index (κ2) is 5.45. The van der Waals surface area contributed by atoms with Crippen LogP contribution in [-0.2, 0) is 20.8 Å². The van der Waals surface area contributed by atoms with Gasteiger partial charge < -0.3 is 5.11 Å². The number of amides is 2. The molecule has 0 radical (unpaired) electrons. The van der Waals surface area contributed by atoms with Crippen molar-refractivity contribution in [2.45, 2.75) is 26.7 Å². The number of carboxylic acids is 1. The van der Waals surface area contributed by atoms with Crippen LogP contribution in [0.3, 0.4) is 0 Å². The van der Waals surface area contributed by atoms with Gasteiger partial charge in [0.25, 0.3) is 0 Å². The average molecular weight is 275 g/mol. The lowest BCUT2D eigenvalue weighted by molar-refractivity contribution is -0.149. The maximum Gasteiger partial charge on any atom is 0.323 e. The number of nitrogens with zero attached hydrogens (tertiary/aromatic N) is 1. The largest absolute Gasteiger partial charge is 0.480 e. The van der Waals surface area contributed by atoms with Crippen molar-refractivity contribution in [1.29, 1.82) is 0 Å². The van der Waals surface area contributed by atoms with Crippen LogP contribution in [0, 0.1) is 19.8 Å². The fraction of sp³-hybridized carbons (Fsp3) is 0.400. The van der Waals surface area contributed by atoms with E-state index in [-0.39, 0.29) is 12.3 Å². The van der Waals surface area contributed by atoms with Crippen molar-refractivity contribution in [1.82, 2.24) is 4.90 Å². The third-order valence-electron chi connectivity index (χ3n) is 3.68. The lowest BCUT2D eigenvalue weighted by Gasteiger charge is -2.12. The van der Waals surface area contributed by atoms with E-state index in [0.29, 0.717) is 6.42 Å². The minimum atomic E-state index is -1.17. The van der Waals surface area contributed by atoms with E-state index in [9.17, 15) is 14.4 Å². The smallest absolute Gasteiger partial charge is 0.323 e. The molecular weight excluding hydrogens is 258 g/mol. The topological polar surface area (TPSA) is 74.7 Å². The van der Waals surface area contributed by atoms with Gasteiger partial charge in [-0.3, -0.25) is 19.3 Å². The Kier molecular flexibility index (Phi) is 3.88. The lowest BCUT2D eigenvalue weighted by atomic mass is 9.95. The molecule has 1 heterocycles. The van der Waals surface area contributed by atoms with Gasteiger partial charge in [-0.05, 0) is 37.0 Å². The molecule has 0 aliphatic carbocycles. The van der Waals surface area contributed by atoms with Gasteiger partial charge in [0.2, 0.25) is 11.8 Å². The standard InChI is InChI=1S/C15H17NO4/c1-9-3-4-11(5-10(9)2)6-12-7-13(17)16(15(12)20)8-14(18)19/h3-5,12H,6-8H2,1-2H3,(H,18,19). The number of carbonyl (C=O) groups is 3. The second-order valence-electron chi connectivity index (χ2n) is 5.24. The van der Waals surface area contributed by atoms with E-state index in [1.54, 1.807) is 0 Å². The Hall–Kier alpha value is -2.17. The molecule has 1 N–H and O–H groups in total. The van der Waals surface area contributed by atoms with Gasteiger partial charge in [-0.2, -0.15) is 0 Å². The number of rotatable bonds is 4. The van der Waals surface area contributed by atoms with E-state index >= 15 is 0 Å². The number of carboxylic acid groups (broad SMARTS) is 1. The van der Waals surface area contributed by atoms with E-state index in [1.165, 1.54) is 5.56 Å². The van der Waals surface area contributed by atoms with E-state index in [1.807, 2.05) is 32.0 Å². The van der Waals surface area contributed by atoms with Crippen LogP contribution in [0.2, 0.25) is 0 Å². The van der Waals surface area contributed by atoms with Crippen molar-refractivity contribution in [3.8, 4) is 0 Å². The molecule has 1 saturated heterocycles. The SMILES string of the molecule is Cc1ccc(CC2CC(=O)N(CC(=O)O)C2=O)cc1C. The van der Waals surface area contributed by atoms with Crippen molar-refractivity contribution >= 4 is 17.8 Å². The van der Waals surface area contributed by atoms with Gasteiger partial charge >= 0.3 is 5.97 Å². The van der Waals surface area contributed by atoms with Crippen LogP contribution in [0.5, 0.6) is 0 Å². The zero-order chi connectivity index (χ0) is 14.9. The summed E-state index contributed by atoms with van der Waals surface area (Å²) in [5, 5.41) is 8.71. The molecule has 1 fully saturated rings. The Morgan fingerprint density at radius 2 is 2.00 bits per heavy atom. The molecule has 1 atom stereocenters. The van der Waals surface area contributed by atoms with Crippen LogP contribution in [0.1, 0.15) is 23.1 Å². The van der Waals surface area contributed by atoms with E-state index in [2.05, 4.69) is 0 Å². The molecule has 1 aliphatic rings. The van der Waals surface area contributed by atoms with E-state index < -0.39 is 24.3 Å². The van der Waals surface area contributed by atoms with Crippen molar-refractivity contribution in [3.05, 3.63) is 34.9 Å². The molecule has 1 aromatic carbocycles. The third-order valence-corrected chi connectivity index (χ3v) is 3.68. The normalized spacial score (nSPS) is 18.7. The summed E-state index contributed by atoms with van der Waals surface area (Å²) >= 11 is 0. The fourth-order valence-electron chi connectivity index (χ4n) is 2.43. The molecule has 106 valence electrons. The van der Waals surface area contributed by atoms with E-state index in [4.69, 9.17) is 5.11 Å².